The van der Waals surface area contributed by atoms with Crippen molar-refractivity contribution in [1.29, 1.82) is 0 Å². The minimum Gasteiger partial charge on any atom is -0.491 e. The number of hydrogen-bond acceptors (Lipinski definition) is 6. The van der Waals surface area contributed by atoms with Gasteiger partial charge in [0.05, 0.1) is 24.2 Å². The van der Waals surface area contributed by atoms with Crippen molar-refractivity contribution in [3.63, 3.8) is 0 Å². The van der Waals surface area contributed by atoms with Gasteiger partial charge in [-0.05, 0) is 56.7 Å². The number of rotatable bonds is 7. The molecule has 0 radical (unpaired) electrons. The van der Waals surface area contributed by atoms with Crippen LogP contribution in [0, 0.1) is 0 Å². The first kappa shape index (κ1) is 21.6. The van der Waals surface area contributed by atoms with Crippen LogP contribution in [0.2, 0.25) is 0 Å². The molecule has 0 saturated carbocycles. The van der Waals surface area contributed by atoms with Gasteiger partial charge in [-0.1, -0.05) is 42.1 Å². The molecule has 1 amide bonds. The van der Waals surface area contributed by atoms with E-state index in [1.807, 2.05) is 68.4 Å². The number of aliphatic imine (C=N–C) groups is 1. The number of carbonyl (C=O) groups is 2. The maximum Gasteiger partial charge on any atom is 0.316 e. The summed E-state index contributed by atoms with van der Waals surface area (Å²) in [5.74, 6) is 0.265. The maximum atomic E-state index is 13.1. The fraction of sp³-hybridized carbons (Fsp3) is 0.261. The van der Waals surface area contributed by atoms with Gasteiger partial charge in [0.25, 0.3) is 5.91 Å². The molecular weight excluding hydrogens is 400 g/mol. The minimum atomic E-state index is -0.344. The molecule has 0 atom stereocenters. The van der Waals surface area contributed by atoms with Crippen LogP contribution in [0.4, 0.5) is 5.69 Å². The second-order valence-electron chi connectivity index (χ2n) is 6.73. The smallest absolute Gasteiger partial charge is 0.316 e. The first-order valence-corrected chi connectivity index (χ1v) is 10.7. The van der Waals surface area contributed by atoms with Gasteiger partial charge in [0, 0.05) is 0 Å². The molecule has 2 aromatic rings. The van der Waals surface area contributed by atoms with Crippen LogP contribution in [-0.4, -0.2) is 35.5 Å². The summed E-state index contributed by atoms with van der Waals surface area (Å²) in [6, 6.07) is 16.7. The van der Waals surface area contributed by atoms with Gasteiger partial charge in [0.2, 0.25) is 0 Å². The quantitative estimate of drug-likeness (QED) is 0.483. The van der Waals surface area contributed by atoms with Gasteiger partial charge in [-0.25, -0.2) is 4.99 Å². The van der Waals surface area contributed by atoms with Gasteiger partial charge in [-0.15, -0.1) is 0 Å². The molecule has 1 heterocycles. The number of benzene rings is 2. The topological polar surface area (TPSA) is 68.2 Å². The summed E-state index contributed by atoms with van der Waals surface area (Å²) < 4.78 is 10.6. The number of hydrogen-bond donors (Lipinski definition) is 0. The Kier molecular flexibility index (Phi) is 7.30. The third-order valence-electron chi connectivity index (χ3n) is 4.02. The standard InChI is InChI=1S/C23H24N2O4S/c1-4-28-21(26)15-30-23-24-20(22(27)25(23)18-8-6-5-7-9-18)14-17-10-12-19(13-11-17)29-16(2)3/h5-14,16H,4,15H2,1-3H3. The first-order chi connectivity index (χ1) is 14.5. The number of anilines is 1. The maximum absolute atomic E-state index is 13.1. The number of ether oxygens (including phenoxy) is 2. The Morgan fingerprint density at radius 1 is 1.13 bits per heavy atom. The lowest BCUT2D eigenvalue weighted by atomic mass is 10.2. The molecule has 30 heavy (non-hydrogen) atoms. The van der Waals surface area contributed by atoms with Gasteiger partial charge >= 0.3 is 5.97 Å². The van der Waals surface area contributed by atoms with Crippen LogP contribution in [0.25, 0.3) is 6.08 Å². The monoisotopic (exact) mass is 424 g/mol. The van der Waals surface area contributed by atoms with E-state index in [4.69, 9.17) is 9.47 Å². The zero-order chi connectivity index (χ0) is 21.5. The molecule has 0 aliphatic carbocycles. The average molecular weight is 425 g/mol. The number of esters is 1. The summed E-state index contributed by atoms with van der Waals surface area (Å²) >= 11 is 1.18. The predicted octanol–water partition coefficient (Wildman–Crippen LogP) is 4.51. The third-order valence-corrected chi connectivity index (χ3v) is 4.94. The van der Waals surface area contributed by atoms with E-state index in [1.165, 1.54) is 16.7 Å². The van der Waals surface area contributed by atoms with E-state index in [2.05, 4.69) is 4.99 Å². The SMILES string of the molecule is CCOC(=O)CSC1=NC(=Cc2ccc(OC(C)C)cc2)C(=O)N1c1ccccc1. The molecule has 2 aromatic carbocycles. The number of para-hydroxylation sites is 1. The van der Waals surface area contributed by atoms with Crippen molar-refractivity contribution in [3.05, 3.63) is 65.9 Å². The van der Waals surface area contributed by atoms with Gasteiger partial charge in [0.15, 0.2) is 5.17 Å². The number of nitrogens with zero attached hydrogens (tertiary/aromatic N) is 2. The summed E-state index contributed by atoms with van der Waals surface area (Å²) in [4.78, 5) is 30.9. The van der Waals surface area contributed by atoms with Gasteiger partial charge < -0.3 is 9.47 Å². The van der Waals surface area contributed by atoms with Crippen molar-refractivity contribution in [2.24, 2.45) is 4.99 Å². The van der Waals surface area contributed by atoms with Gasteiger partial charge in [-0.2, -0.15) is 0 Å². The highest BCUT2D eigenvalue weighted by atomic mass is 32.2. The van der Waals surface area contributed by atoms with E-state index in [1.54, 1.807) is 13.0 Å². The molecule has 0 bridgehead atoms. The Labute approximate surface area is 180 Å². The Bertz CT molecular complexity index is 953. The Hall–Kier alpha value is -3.06. The van der Waals surface area contributed by atoms with Crippen LogP contribution in [-0.2, 0) is 14.3 Å². The molecule has 0 unspecified atom stereocenters. The highest BCUT2D eigenvalue weighted by Crippen LogP contribution is 2.29. The highest BCUT2D eigenvalue weighted by molar-refractivity contribution is 8.14. The molecule has 0 N–H and O–H groups in total. The normalized spacial score (nSPS) is 14.9. The van der Waals surface area contributed by atoms with Gasteiger partial charge in [0.1, 0.15) is 11.4 Å². The third kappa shape index (κ3) is 5.51. The lowest BCUT2D eigenvalue weighted by Gasteiger charge is -2.17. The van der Waals surface area contributed by atoms with Crippen LogP contribution in [0.3, 0.4) is 0 Å². The summed E-state index contributed by atoms with van der Waals surface area (Å²) in [5.41, 5.74) is 1.84. The molecule has 0 spiro atoms. The predicted molar refractivity (Wildman–Crippen MR) is 121 cm³/mol. The van der Waals surface area contributed by atoms with Crippen LogP contribution in [0.5, 0.6) is 5.75 Å². The van der Waals surface area contributed by atoms with E-state index in [-0.39, 0.29) is 23.7 Å². The summed E-state index contributed by atoms with van der Waals surface area (Å²) in [5, 5.41) is 0.449. The molecule has 0 saturated heterocycles. The second-order valence-corrected chi connectivity index (χ2v) is 7.67. The molecule has 3 rings (SSSR count). The van der Waals surface area contributed by atoms with E-state index in [0.29, 0.717) is 23.2 Å². The van der Waals surface area contributed by atoms with E-state index in [0.717, 1.165) is 11.3 Å². The van der Waals surface area contributed by atoms with Gasteiger partial charge in [-0.3, -0.25) is 14.5 Å². The largest absolute Gasteiger partial charge is 0.491 e. The molecular formula is C23H24N2O4S. The molecule has 7 heteroatoms. The molecule has 1 aliphatic rings. The zero-order valence-corrected chi connectivity index (χ0v) is 18.0. The average Bonchev–Trinajstić information content (AvgIpc) is 3.03. The highest BCUT2D eigenvalue weighted by Gasteiger charge is 2.32. The van der Waals surface area contributed by atoms with Crippen molar-refractivity contribution >= 4 is 40.6 Å². The Morgan fingerprint density at radius 3 is 2.47 bits per heavy atom. The van der Waals surface area contributed by atoms with E-state index < -0.39 is 0 Å². The lowest BCUT2D eigenvalue weighted by molar-refractivity contribution is -0.139. The molecule has 0 aromatic heterocycles. The van der Waals surface area contributed by atoms with E-state index >= 15 is 0 Å². The van der Waals surface area contributed by atoms with Crippen molar-refractivity contribution in [2.75, 3.05) is 17.3 Å². The number of amides is 1. The summed E-state index contributed by atoms with van der Waals surface area (Å²) in [6.07, 6.45) is 1.82. The Morgan fingerprint density at radius 2 is 1.83 bits per heavy atom. The molecule has 6 nitrogen and oxygen atoms in total. The van der Waals surface area contributed by atoms with Crippen LogP contribution >= 0.6 is 11.8 Å². The molecule has 1 aliphatic heterocycles. The Balaban J connectivity index is 1.85. The van der Waals surface area contributed by atoms with Crippen LogP contribution in [0.15, 0.2) is 65.3 Å². The van der Waals surface area contributed by atoms with Crippen LogP contribution < -0.4 is 9.64 Å². The lowest BCUT2D eigenvalue weighted by Crippen LogP contribution is -2.30. The summed E-state index contributed by atoms with van der Waals surface area (Å²) in [6.45, 7) is 6.01. The fourth-order valence-electron chi connectivity index (χ4n) is 2.80. The number of thioether (sulfide) groups is 1. The van der Waals surface area contributed by atoms with Crippen molar-refractivity contribution < 1.29 is 19.1 Å². The first-order valence-electron chi connectivity index (χ1n) is 9.73. The van der Waals surface area contributed by atoms with Crippen LogP contribution in [0.1, 0.15) is 26.3 Å². The molecule has 0 fully saturated rings. The number of amidine groups is 1. The fourth-order valence-corrected chi connectivity index (χ4v) is 3.61. The van der Waals surface area contributed by atoms with Crippen molar-refractivity contribution in [3.8, 4) is 5.75 Å². The zero-order valence-electron chi connectivity index (χ0n) is 17.2. The van der Waals surface area contributed by atoms with E-state index in [9.17, 15) is 9.59 Å². The van der Waals surface area contributed by atoms with Crippen molar-refractivity contribution in [2.45, 2.75) is 26.9 Å². The summed E-state index contributed by atoms with van der Waals surface area (Å²) in [7, 11) is 0. The van der Waals surface area contributed by atoms with Crippen molar-refractivity contribution in [1.82, 2.24) is 0 Å². The molecule has 156 valence electrons. The minimum absolute atomic E-state index is 0.0812. The second kappa shape index (κ2) is 10.1. The number of carbonyl (C=O) groups excluding carboxylic acids is 2.